The van der Waals surface area contributed by atoms with Crippen molar-refractivity contribution in [3.05, 3.63) is 29.3 Å². The fourth-order valence-corrected chi connectivity index (χ4v) is 2.84. The number of hydrogen-bond acceptors (Lipinski definition) is 2. The molecule has 1 heterocycles. The maximum Gasteiger partial charge on any atom is 0.123 e. The highest BCUT2D eigenvalue weighted by atomic mass is 16.5. The summed E-state index contributed by atoms with van der Waals surface area (Å²) in [4.78, 5) is 0. The van der Waals surface area contributed by atoms with Crippen LogP contribution >= 0.6 is 0 Å². The first-order valence-electron chi connectivity index (χ1n) is 6.52. The van der Waals surface area contributed by atoms with Gasteiger partial charge in [0.2, 0.25) is 0 Å². The van der Waals surface area contributed by atoms with Gasteiger partial charge < -0.3 is 10.5 Å². The van der Waals surface area contributed by atoms with Crippen molar-refractivity contribution in [3.63, 3.8) is 0 Å². The van der Waals surface area contributed by atoms with Gasteiger partial charge in [-0.25, -0.2) is 0 Å². The summed E-state index contributed by atoms with van der Waals surface area (Å²) in [6.07, 6.45) is 1.28. The maximum absolute atomic E-state index is 6.33. The topological polar surface area (TPSA) is 35.2 Å². The second-order valence-corrected chi connectivity index (χ2v) is 6.33. The van der Waals surface area contributed by atoms with Crippen LogP contribution in [0.4, 0.5) is 0 Å². The van der Waals surface area contributed by atoms with E-state index in [4.69, 9.17) is 10.5 Å². The summed E-state index contributed by atoms with van der Waals surface area (Å²) in [7, 11) is 0. The summed E-state index contributed by atoms with van der Waals surface area (Å²) in [6.45, 7) is 7.52. The maximum atomic E-state index is 6.33. The lowest BCUT2D eigenvalue weighted by Gasteiger charge is -2.18. The Morgan fingerprint density at radius 3 is 2.76 bits per heavy atom. The van der Waals surface area contributed by atoms with Crippen LogP contribution in [0.2, 0.25) is 0 Å². The molecule has 0 saturated heterocycles. The minimum atomic E-state index is 0.125. The van der Waals surface area contributed by atoms with E-state index in [1.54, 1.807) is 0 Å². The van der Waals surface area contributed by atoms with E-state index in [0.717, 1.165) is 18.3 Å². The highest BCUT2D eigenvalue weighted by Crippen LogP contribution is 2.47. The van der Waals surface area contributed by atoms with Crippen LogP contribution in [-0.2, 0) is 5.41 Å². The van der Waals surface area contributed by atoms with Crippen LogP contribution in [-0.4, -0.2) is 6.61 Å². The zero-order chi connectivity index (χ0) is 12.2. The van der Waals surface area contributed by atoms with Gasteiger partial charge >= 0.3 is 0 Å². The van der Waals surface area contributed by atoms with Gasteiger partial charge in [-0.05, 0) is 36.0 Å². The van der Waals surface area contributed by atoms with Crippen molar-refractivity contribution in [3.8, 4) is 5.75 Å². The lowest BCUT2D eigenvalue weighted by atomic mass is 9.85. The van der Waals surface area contributed by atoms with Crippen LogP contribution in [0.25, 0.3) is 0 Å². The largest absolute Gasteiger partial charge is 0.492 e. The molecular weight excluding hydrogens is 210 g/mol. The minimum Gasteiger partial charge on any atom is -0.492 e. The van der Waals surface area contributed by atoms with Gasteiger partial charge in [0.1, 0.15) is 5.75 Å². The Labute approximate surface area is 103 Å². The van der Waals surface area contributed by atoms with Gasteiger partial charge in [-0.15, -0.1) is 0 Å². The molecule has 92 valence electrons. The van der Waals surface area contributed by atoms with Crippen LogP contribution in [0.3, 0.4) is 0 Å². The molecule has 3 atom stereocenters. The Bertz CT molecular complexity index is 452. The summed E-state index contributed by atoms with van der Waals surface area (Å²) in [5.74, 6) is 2.51. The summed E-state index contributed by atoms with van der Waals surface area (Å²) in [5, 5.41) is 0. The van der Waals surface area contributed by atoms with E-state index in [9.17, 15) is 0 Å². The normalized spacial score (nSPS) is 30.6. The van der Waals surface area contributed by atoms with Gasteiger partial charge in [0.05, 0.1) is 6.61 Å². The third-order valence-electron chi connectivity index (χ3n) is 4.34. The van der Waals surface area contributed by atoms with Crippen LogP contribution in [0.5, 0.6) is 5.75 Å². The summed E-state index contributed by atoms with van der Waals surface area (Å²) >= 11 is 0. The second kappa shape index (κ2) is 3.49. The molecule has 0 bridgehead atoms. The molecule has 0 amide bonds. The van der Waals surface area contributed by atoms with Gasteiger partial charge in [-0.3, -0.25) is 0 Å². The zero-order valence-electron chi connectivity index (χ0n) is 10.9. The van der Waals surface area contributed by atoms with Crippen molar-refractivity contribution >= 4 is 0 Å². The van der Waals surface area contributed by atoms with E-state index < -0.39 is 0 Å². The van der Waals surface area contributed by atoms with Gasteiger partial charge in [0.25, 0.3) is 0 Å². The molecule has 3 rings (SSSR count). The quantitative estimate of drug-likeness (QED) is 0.849. The number of fused-ring (bicyclic) bond motifs is 1. The standard InChI is InChI=1S/C15H21NO/c1-9-6-11(9)14(16)10-4-5-13-12(7-10)15(2,3)8-17-13/h4-5,7,9,11,14H,6,8,16H2,1-3H3. The predicted octanol–water partition coefficient (Wildman–Crippen LogP) is 3.01. The third kappa shape index (κ3) is 1.75. The van der Waals surface area contributed by atoms with Crippen molar-refractivity contribution in [1.29, 1.82) is 0 Å². The molecule has 1 aromatic rings. The van der Waals surface area contributed by atoms with Crippen LogP contribution in [0.1, 0.15) is 44.4 Å². The van der Waals surface area contributed by atoms with E-state index in [-0.39, 0.29) is 11.5 Å². The smallest absolute Gasteiger partial charge is 0.123 e. The Hall–Kier alpha value is -1.02. The molecular formula is C15H21NO. The van der Waals surface area contributed by atoms with Gasteiger partial charge in [0, 0.05) is 17.0 Å². The fourth-order valence-electron chi connectivity index (χ4n) is 2.84. The molecule has 1 fully saturated rings. The third-order valence-corrected chi connectivity index (χ3v) is 4.34. The van der Waals surface area contributed by atoms with E-state index in [0.29, 0.717) is 5.92 Å². The van der Waals surface area contributed by atoms with Gasteiger partial charge in [-0.1, -0.05) is 26.8 Å². The van der Waals surface area contributed by atoms with Gasteiger partial charge in [0.15, 0.2) is 0 Å². The molecule has 2 aliphatic rings. The Balaban J connectivity index is 1.93. The van der Waals surface area contributed by atoms with Crippen molar-refractivity contribution in [2.24, 2.45) is 17.6 Å². The first-order chi connectivity index (χ1) is 7.99. The first-order valence-corrected chi connectivity index (χ1v) is 6.52. The van der Waals surface area contributed by atoms with E-state index in [2.05, 4.69) is 39.0 Å². The monoisotopic (exact) mass is 231 g/mol. The van der Waals surface area contributed by atoms with Crippen molar-refractivity contribution in [2.75, 3.05) is 6.61 Å². The second-order valence-electron chi connectivity index (χ2n) is 6.33. The van der Waals surface area contributed by atoms with Crippen LogP contribution in [0, 0.1) is 11.8 Å². The Morgan fingerprint density at radius 1 is 1.41 bits per heavy atom. The minimum absolute atomic E-state index is 0.125. The highest BCUT2D eigenvalue weighted by Gasteiger charge is 2.39. The molecule has 17 heavy (non-hydrogen) atoms. The predicted molar refractivity (Wildman–Crippen MR) is 69.2 cm³/mol. The Morgan fingerprint density at radius 2 is 2.12 bits per heavy atom. The van der Waals surface area contributed by atoms with Crippen LogP contribution in [0.15, 0.2) is 18.2 Å². The van der Waals surface area contributed by atoms with Gasteiger partial charge in [-0.2, -0.15) is 0 Å². The first kappa shape index (κ1) is 11.1. The van der Waals surface area contributed by atoms with Crippen LogP contribution < -0.4 is 10.5 Å². The molecule has 1 aliphatic carbocycles. The van der Waals surface area contributed by atoms with E-state index >= 15 is 0 Å². The number of hydrogen-bond donors (Lipinski definition) is 1. The van der Waals surface area contributed by atoms with E-state index in [1.807, 2.05) is 0 Å². The van der Waals surface area contributed by atoms with Crippen molar-refractivity contribution in [2.45, 2.75) is 38.6 Å². The number of ether oxygens (including phenoxy) is 1. The Kier molecular flexibility index (Phi) is 2.27. The van der Waals surface area contributed by atoms with Crippen molar-refractivity contribution in [1.82, 2.24) is 0 Å². The summed E-state index contributed by atoms with van der Waals surface area (Å²) in [5.41, 5.74) is 9.05. The summed E-state index contributed by atoms with van der Waals surface area (Å²) in [6, 6.07) is 6.69. The lowest BCUT2D eigenvalue weighted by molar-refractivity contribution is 0.291. The zero-order valence-corrected chi connectivity index (χ0v) is 10.9. The molecule has 3 unspecified atom stereocenters. The number of nitrogens with two attached hydrogens (primary N) is 1. The molecule has 1 aromatic carbocycles. The molecule has 1 aliphatic heterocycles. The highest BCUT2D eigenvalue weighted by molar-refractivity contribution is 5.46. The van der Waals surface area contributed by atoms with E-state index in [1.165, 1.54) is 17.5 Å². The van der Waals surface area contributed by atoms with Crippen molar-refractivity contribution < 1.29 is 4.74 Å². The number of benzene rings is 1. The molecule has 2 N–H and O–H groups in total. The summed E-state index contributed by atoms with van der Waals surface area (Å²) < 4.78 is 5.70. The fraction of sp³-hybridized carbons (Fsp3) is 0.600. The average Bonchev–Trinajstić information content (AvgIpc) is 2.94. The molecule has 0 aromatic heterocycles. The molecule has 0 spiro atoms. The lowest BCUT2D eigenvalue weighted by Crippen LogP contribution is -2.19. The molecule has 2 heteroatoms. The SMILES string of the molecule is CC1CC1C(N)c1ccc2c(c1)C(C)(C)CO2. The average molecular weight is 231 g/mol. The molecule has 1 saturated carbocycles. The number of rotatable bonds is 2. The molecule has 2 nitrogen and oxygen atoms in total. The molecule has 0 radical (unpaired) electrons.